The largest absolute Gasteiger partial charge is 0.486 e. The fourth-order valence-electron chi connectivity index (χ4n) is 2.03. The van der Waals surface area contributed by atoms with Crippen molar-refractivity contribution in [1.82, 2.24) is 4.98 Å². The van der Waals surface area contributed by atoms with Gasteiger partial charge in [-0.15, -0.1) is 11.3 Å². The van der Waals surface area contributed by atoms with Gasteiger partial charge < -0.3 is 4.74 Å². The number of fused-ring (bicyclic) bond motifs is 1. The predicted molar refractivity (Wildman–Crippen MR) is 84.9 cm³/mol. The van der Waals surface area contributed by atoms with Crippen LogP contribution in [0.15, 0.2) is 54.6 Å². The first kappa shape index (κ1) is 14.2. The van der Waals surface area contributed by atoms with Crippen molar-refractivity contribution in [3.8, 4) is 11.8 Å². The first-order valence-electron chi connectivity index (χ1n) is 6.73. The second kappa shape index (κ2) is 6.37. The van der Waals surface area contributed by atoms with Gasteiger partial charge in [-0.1, -0.05) is 30.3 Å². The molecule has 1 unspecified atom stereocenters. The maximum atomic E-state index is 12.2. The Morgan fingerprint density at radius 2 is 1.91 bits per heavy atom. The third-order valence-corrected chi connectivity index (χ3v) is 4.23. The number of hydrogen-bond acceptors (Lipinski definition) is 5. The van der Waals surface area contributed by atoms with Gasteiger partial charge in [0, 0.05) is 0 Å². The first-order valence-corrected chi connectivity index (χ1v) is 7.55. The van der Waals surface area contributed by atoms with Gasteiger partial charge in [0.2, 0.25) is 0 Å². The van der Waals surface area contributed by atoms with E-state index in [1.165, 1.54) is 11.3 Å². The molecule has 108 valence electrons. The molecule has 4 nitrogen and oxygen atoms in total. The van der Waals surface area contributed by atoms with Gasteiger partial charge in [-0.25, -0.2) is 4.98 Å². The zero-order valence-electron chi connectivity index (χ0n) is 11.6. The van der Waals surface area contributed by atoms with E-state index >= 15 is 0 Å². The highest BCUT2D eigenvalue weighted by atomic mass is 32.1. The molecule has 1 heterocycles. The summed E-state index contributed by atoms with van der Waals surface area (Å²) in [7, 11) is 0. The van der Waals surface area contributed by atoms with Crippen molar-refractivity contribution >= 4 is 27.3 Å². The van der Waals surface area contributed by atoms with Crippen molar-refractivity contribution < 1.29 is 9.53 Å². The van der Waals surface area contributed by atoms with E-state index in [2.05, 4.69) is 4.98 Å². The van der Waals surface area contributed by atoms with Gasteiger partial charge >= 0.3 is 0 Å². The normalized spacial score (nSPS) is 11.8. The molecule has 0 saturated heterocycles. The second-order valence-electron chi connectivity index (χ2n) is 4.65. The number of ether oxygens (including phenoxy) is 1. The van der Waals surface area contributed by atoms with Crippen LogP contribution in [0.25, 0.3) is 10.2 Å². The van der Waals surface area contributed by atoms with Gasteiger partial charge in [0.05, 0.1) is 16.3 Å². The predicted octanol–water partition coefficient (Wildman–Crippen LogP) is 3.55. The van der Waals surface area contributed by atoms with Gasteiger partial charge in [0.25, 0.3) is 0 Å². The highest BCUT2D eigenvalue weighted by molar-refractivity contribution is 7.18. The van der Waals surface area contributed by atoms with Crippen molar-refractivity contribution in [3.63, 3.8) is 0 Å². The lowest BCUT2D eigenvalue weighted by molar-refractivity contribution is -0.121. The smallest absolute Gasteiger partial charge is 0.194 e. The minimum absolute atomic E-state index is 0.141. The Bertz CT molecular complexity index is 803. The summed E-state index contributed by atoms with van der Waals surface area (Å²) in [5.74, 6) is -0.566. The molecule has 1 aromatic heterocycles. The average molecular weight is 308 g/mol. The van der Waals surface area contributed by atoms with Gasteiger partial charge in [-0.2, -0.15) is 5.26 Å². The summed E-state index contributed by atoms with van der Waals surface area (Å²) in [6, 6.07) is 18.7. The molecule has 0 N–H and O–H groups in total. The highest BCUT2D eigenvalue weighted by Gasteiger charge is 2.24. The van der Waals surface area contributed by atoms with Crippen molar-refractivity contribution in [1.29, 1.82) is 5.26 Å². The summed E-state index contributed by atoms with van der Waals surface area (Å²) >= 11 is 1.37. The number of hydrogen-bond donors (Lipinski definition) is 0. The Morgan fingerprint density at radius 3 is 2.64 bits per heavy atom. The SMILES string of the molecule is N#CC(C(=O)COc1ccccc1)c1nc2ccccc2s1. The Hall–Kier alpha value is -2.71. The van der Waals surface area contributed by atoms with Crippen LogP contribution < -0.4 is 4.74 Å². The van der Waals surface area contributed by atoms with Crippen LogP contribution in [0.1, 0.15) is 10.9 Å². The van der Waals surface area contributed by atoms with Crippen LogP contribution >= 0.6 is 11.3 Å². The average Bonchev–Trinajstić information content (AvgIpc) is 2.98. The third kappa shape index (κ3) is 2.97. The zero-order valence-corrected chi connectivity index (χ0v) is 12.4. The Labute approximate surface area is 131 Å². The number of carbonyl (C=O) groups excluding carboxylic acids is 1. The molecular weight excluding hydrogens is 296 g/mol. The van der Waals surface area contributed by atoms with Crippen molar-refractivity contribution in [2.75, 3.05) is 6.61 Å². The van der Waals surface area contributed by atoms with Crippen LogP contribution in [0.3, 0.4) is 0 Å². The van der Waals surface area contributed by atoms with E-state index in [1.54, 1.807) is 12.1 Å². The van der Waals surface area contributed by atoms with Crippen molar-refractivity contribution in [2.45, 2.75) is 5.92 Å². The van der Waals surface area contributed by atoms with Crippen LogP contribution in [-0.4, -0.2) is 17.4 Å². The first-order chi connectivity index (χ1) is 10.8. The van der Waals surface area contributed by atoms with Crippen molar-refractivity contribution in [3.05, 3.63) is 59.6 Å². The van der Waals surface area contributed by atoms with E-state index < -0.39 is 5.92 Å². The lowest BCUT2D eigenvalue weighted by Gasteiger charge is -2.07. The maximum Gasteiger partial charge on any atom is 0.194 e. The number of carbonyl (C=O) groups is 1. The highest BCUT2D eigenvalue weighted by Crippen LogP contribution is 2.27. The van der Waals surface area contributed by atoms with Crippen LogP contribution in [0.4, 0.5) is 0 Å². The van der Waals surface area contributed by atoms with E-state index in [0.29, 0.717) is 10.8 Å². The molecule has 3 rings (SSSR count). The fourth-order valence-corrected chi connectivity index (χ4v) is 3.07. The molecule has 0 fully saturated rings. The number of nitriles is 1. The molecule has 0 radical (unpaired) electrons. The molecular formula is C17H12N2O2S. The molecule has 5 heteroatoms. The Balaban J connectivity index is 1.76. The van der Waals surface area contributed by atoms with Gasteiger partial charge in [0.15, 0.2) is 11.7 Å². The lowest BCUT2D eigenvalue weighted by Crippen LogP contribution is -2.18. The van der Waals surface area contributed by atoms with Crippen LogP contribution in [0.2, 0.25) is 0 Å². The monoisotopic (exact) mass is 308 g/mol. The number of benzene rings is 2. The van der Waals surface area contributed by atoms with Gasteiger partial charge in [0.1, 0.15) is 17.4 Å². The standard InChI is InChI=1S/C17H12N2O2S/c18-10-13(15(20)11-21-12-6-2-1-3-7-12)17-19-14-8-4-5-9-16(14)22-17/h1-9,13H,11H2. The van der Waals surface area contributed by atoms with Crippen LogP contribution in [0.5, 0.6) is 5.75 Å². The molecule has 22 heavy (non-hydrogen) atoms. The summed E-state index contributed by atoms with van der Waals surface area (Å²) in [6.45, 7) is -0.141. The van der Waals surface area contributed by atoms with E-state index in [1.807, 2.05) is 48.5 Å². The summed E-state index contributed by atoms with van der Waals surface area (Å²) in [5, 5.41) is 9.83. The van der Waals surface area contributed by atoms with Gasteiger partial charge in [-0.3, -0.25) is 4.79 Å². The number of nitrogens with zero attached hydrogens (tertiary/aromatic N) is 2. The van der Waals surface area contributed by atoms with Gasteiger partial charge in [-0.05, 0) is 24.3 Å². The fraction of sp³-hybridized carbons (Fsp3) is 0.118. The van der Waals surface area contributed by atoms with E-state index in [-0.39, 0.29) is 12.4 Å². The Morgan fingerprint density at radius 1 is 1.18 bits per heavy atom. The quantitative estimate of drug-likeness (QED) is 0.723. The molecule has 0 amide bonds. The van der Waals surface area contributed by atoms with E-state index in [4.69, 9.17) is 4.74 Å². The van der Waals surface area contributed by atoms with E-state index in [9.17, 15) is 10.1 Å². The summed E-state index contributed by atoms with van der Waals surface area (Å²) in [5.41, 5.74) is 0.805. The minimum atomic E-state index is -0.888. The second-order valence-corrected chi connectivity index (χ2v) is 5.71. The third-order valence-electron chi connectivity index (χ3n) is 3.13. The molecule has 1 atom stereocenters. The van der Waals surface area contributed by atoms with E-state index in [0.717, 1.165) is 10.2 Å². The Kier molecular flexibility index (Phi) is 4.12. The van der Waals surface area contributed by atoms with Crippen LogP contribution in [0, 0.1) is 11.3 Å². The topological polar surface area (TPSA) is 63.0 Å². The molecule has 0 aliphatic heterocycles. The number of Topliss-reactive ketones (excluding diaryl/α,β-unsaturated/α-hetero) is 1. The summed E-state index contributed by atoms with van der Waals surface area (Å²) in [4.78, 5) is 16.6. The number of para-hydroxylation sites is 2. The molecule has 0 spiro atoms. The van der Waals surface area contributed by atoms with Crippen LogP contribution in [-0.2, 0) is 4.79 Å². The molecule has 2 aromatic carbocycles. The zero-order chi connectivity index (χ0) is 15.4. The maximum absolute atomic E-state index is 12.2. The number of thiazole rings is 1. The lowest BCUT2D eigenvalue weighted by atomic mass is 10.1. The molecule has 0 saturated carbocycles. The molecule has 3 aromatic rings. The molecule has 0 bridgehead atoms. The summed E-state index contributed by atoms with van der Waals surface area (Å²) < 4.78 is 6.39. The number of aromatic nitrogens is 1. The minimum Gasteiger partial charge on any atom is -0.486 e. The van der Waals surface area contributed by atoms with Crippen molar-refractivity contribution in [2.24, 2.45) is 0 Å². The number of rotatable bonds is 5. The summed E-state index contributed by atoms with van der Waals surface area (Å²) in [6.07, 6.45) is 0. The molecule has 0 aliphatic rings. The molecule has 0 aliphatic carbocycles. The number of ketones is 1.